The van der Waals surface area contributed by atoms with Crippen molar-refractivity contribution in [2.45, 2.75) is 57.2 Å². The van der Waals surface area contributed by atoms with Gasteiger partial charge in [-0.3, -0.25) is 9.59 Å². The zero-order valence-corrected chi connectivity index (χ0v) is 17.2. The van der Waals surface area contributed by atoms with Crippen LogP contribution in [-0.4, -0.2) is 62.5 Å². The van der Waals surface area contributed by atoms with Crippen molar-refractivity contribution in [3.63, 3.8) is 0 Å². The second-order valence-electron chi connectivity index (χ2n) is 6.58. The van der Waals surface area contributed by atoms with E-state index in [1.165, 1.54) is 0 Å². The van der Waals surface area contributed by atoms with Crippen LogP contribution in [0.2, 0.25) is 0 Å². The van der Waals surface area contributed by atoms with E-state index in [1.807, 2.05) is 0 Å². The molecular formula is C21H30O9. The van der Waals surface area contributed by atoms with Crippen LogP contribution < -0.4 is 0 Å². The molecule has 1 aliphatic heterocycles. The molecule has 1 saturated heterocycles. The van der Waals surface area contributed by atoms with E-state index >= 15 is 0 Å². The van der Waals surface area contributed by atoms with Crippen molar-refractivity contribution in [1.29, 1.82) is 0 Å². The summed E-state index contributed by atoms with van der Waals surface area (Å²) in [4.78, 5) is 45.9. The number of rotatable bonds is 14. The first-order valence-electron chi connectivity index (χ1n) is 10.0. The summed E-state index contributed by atoms with van der Waals surface area (Å²) in [6.07, 6.45) is 3.79. The summed E-state index contributed by atoms with van der Waals surface area (Å²) in [6, 6.07) is 0. The molecule has 168 valence electrons. The number of hydrogen-bond acceptors (Lipinski definition) is 9. The number of hydrogen-bond donors (Lipinski definition) is 0. The predicted molar refractivity (Wildman–Crippen MR) is 105 cm³/mol. The Bertz CT molecular complexity index is 547. The highest BCUT2D eigenvalue weighted by atomic mass is 16.6. The van der Waals surface area contributed by atoms with E-state index in [0.717, 1.165) is 12.2 Å². The lowest BCUT2D eigenvalue weighted by molar-refractivity contribution is -0.182. The molecule has 1 heterocycles. The van der Waals surface area contributed by atoms with E-state index in [4.69, 9.17) is 23.7 Å². The summed E-state index contributed by atoms with van der Waals surface area (Å²) in [5, 5.41) is 0. The molecule has 0 bridgehead atoms. The van der Waals surface area contributed by atoms with Gasteiger partial charge < -0.3 is 23.7 Å². The summed E-state index contributed by atoms with van der Waals surface area (Å²) in [5.41, 5.74) is 0. The van der Waals surface area contributed by atoms with E-state index in [0.29, 0.717) is 38.7 Å². The largest absolute Gasteiger partial charge is 0.463 e. The highest BCUT2D eigenvalue weighted by Crippen LogP contribution is 2.17. The van der Waals surface area contributed by atoms with Crippen molar-refractivity contribution in [2.75, 3.05) is 26.4 Å². The highest BCUT2D eigenvalue weighted by Gasteiger charge is 2.32. The van der Waals surface area contributed by atoms with Crippen molar-refractivity contribution in [3.8, 4) is 0 Å². The molecule has 1 fully saturated rings. The van der Waals surface area contributed by atoms with Crippen molar-refractivity contribution < 1.29 is 42.9 Å². The van der Waals surface area contributed by atoms with Crippen LogP contribution in [0.25, 0.3) is 0 Å². The van der Waals surface area contributed by atoms with Gasteiger partial charge in [-0.2, -0.15) is 0 Å². The van der Waals surface area contributed by atoms with Crippen LogP contribution in [0, 0.1) is 0 Å². The van der Waals surface area contributed by atoms with E-state index < -0.39 is 36.1 Å². The molecule has 0 aromatic rings. The van der Waals surface area contributed by atoms with Crippen LogP contribution >= 0.6 is 0 Å². The lowest BCUT2D eigenvalue weighted by Gasteiger charge is -2.30. The molecule has 9 heteroatoms. The number of esters is 4. The van der Waals surface area contributed by atoms with Gasteiger partial charge in [0.15, 0.2) is 6.10 Å². The third kappa shape index (κ3) is 11.4. The zero-order valence-electron chi connectivity index (χ0n) is 17.2. The Morgan fingerprint density at radius 2 is 1.30 bits per heavy atom. The Morgan fingerprint density at radius 3 is 1.80 bits per heavy atom. The topological polar surface area (TPSA) is 114 Å². The van der Waals surface area contributed by atoms with E-state index in [9.17, 15) is 19.2 Å². The fourth-order valence-electron chi connectivity index (χ4n) is 2.60. The van der Waals surface area contributed by atoms with Gasteiger partial charge in [-0.1, -0.05) is 13.2 Å². The molecule has 0 aliphatic carbocycles. The molecule has 0 aromatic carbocycles. The average molecular weight is 426 g/mol. The van der Waals surface area contributed by atoms with Gasteiger partial charge in [-0.25, -0.2) is 9.59 Å². The average Bonchev–Trinajstić information content (AvgIpc) is 2.74. The van der Waals surface area contributed by atoms with Gasteiger partial charge in [-0.05, 0) is 25.7 Å². The van der Waals surface area contributed by atoms with Crippen LogP contribution in [0.4, 0.5) is 0 Å². The number of carbonyl (C=O) groups excluding carboxylic acids is 4. The molecule has 1 rings (SSSR count). The summed E-state index contributed by atoms with van der Waals surface area (Å²) in [5.74, 6) is -1.82. The quantitative estimate of drug-likeness (QED) is 0.178. The maximum atomic E-state index is 12.0. The summed E-state index contributed by atoms with van der Waals surface area (Å²) in [7, 11) is 0. The molecule has 30 heavy (non-hydrogen) atoms. The van der Waals surface area contributed by atoms with Crippen LogP contribution in [0.3, 0.4) is 0 Å². The standard InChI is InChI=1S/C21H30O9/c1-3-18(22)27-12-7-5-9-20(24)29-16-11-14-26-15-17(16)30-21(25)10-6-8-13-28-19(23)4-2/h3-4,16-17H,1-2,5-15H2/t16-,17-/m1/s1. The lowest BCUT2D eigenvalue weighted by atomic mass is 10.1. The molecule has 9 nitrogen and oxygen atoms in total. The minimum Gasteiger partial charge on any atom is -0.463 e. The second kappa shape index (κ2) is 15.2. The Labute approximate surface area is 176 Å². The monoisotopic (exact) mass is 426 g/mol. The van der Waals surface area contributed by atoms with Gasteiger partial charge in [0.05, 0.1) is 26.4 Å². The van der Waals surface area contributed by atoms with E-state index in [-0.39, 0.29) is 32.7 Å². The summed E-state index contributed by atoms with van der Waals surface area (Å²) >= 11 is 0. The maximum Gasteiger partial charge on any atom is 0.330 e. The Kier molecular flexibility index (Phi) is 12.8. The van der Waals surface area contributed by atoms with Gasteiger partial charge >= 0.3 is 23.9 Å². The number of carbonyl (C=O) groups is 4. The van der Waals surface area contributed by atoms with Gasteiger partial charge in [0.2, 0.25) is 0 Å². The SMILES string of the molecule is C=CC(=O)OCCCCC(=O)O[C@@H]1CCOC[C@H]1OC(=O)CCCCOC(=O)C=C. The minimum absolute atomic E-state index is 0.159. The summed E-state index contributed by atoms with van der Waals surface area (Å²) < 4.78 is 25.9. The molecular weight excluding hydrogens is 396 g/mol. The van der Waals surface area contributed by atoms with Gasteiger partial charge in [0.25, 0.3) is 0 Å². The minimum atomic E-state index is -0.651. The Morgan fingerprint density at radius 1 is 0.800 bits per heavy atom. The fourth-order valence-corrected chi connectivity index (χ4v) is 2.60. The van der Waals surface area contributed by atoms with Crippen LogP contribution in [0.15, 0.2) is 25.3 Å². The normalized spacial score (nSPS) is 18.0. The number of unbranched alkanes of at least 4 members (excludes halogenated alkanes) is 2. The van der Waals surface area contributed by atoms with Crippen molar-refractivity contribution in [3.05, 3.63) is 25.3 Å². The van der Waals surface area contributed by atoms with Crippen molar-refractivity contribution in [1.82, 2.24) is 0 Å². The molecule has 0 spiro atoms. The third-order valence-electron chi connectivity index (χ3n) is 4.18. The fraction of sp³-hybridized carbons (Fsp3) is 0.619. The molecule has 0 aromatic heterocycles. The Hall–Kier alpha value is -2.68. The van der Waals surface area contributed by atoms with Gasteiger partial charge in [-0.15, -0.1) is 0 Å². The first-order chi connectivity index (χ1) is 14.5. The molecule has 0 radical (unpaired) electrons. The lowest BCUT2D eigenvalue weighted by Crippen LogP contribution is -2.43. The Balaban J connectivity index is 2.25. The first kappa shape index (κ1) is 25.4. The molecule has 0 amide bonds. The first-order valence-corrected chi connectivity index (χ1v) is 10.0. The maximum absolute atomic E-state index is 12.0. The predicted octanol–water partition coefficient (Wildman–Crippen LogP) is 2.03. The van der Waals surface area contributed by atoms with Gasteiger partial charge in [0, 0.05) is 31.4 Å². The highest BCUT2D eigenvalue weighted by molar-refractivity contribution is 5.81. The van der Waals surface area contributed by atoms with Gasteiger partial charge in [0.1, 0.15) is 6.10 Å². The van der Waals surface area contributed by atoms with Crippen molar-refractivity contribution in [2.24, 2.45) is 0 Å². The zero-order chi connectivity index (χ0) is 22.2. The molecule has 0 unspecified atom stereocenters. The second-order valence-corrected chi connectivity index (χ2v) is 6.58. The summed E-state index contributed by atoms with van der Waals surface area (Å²) in [6.45, 7) is 7.59. The van der Waals surface area contributed by atoms with Crippen molar-refractivity contribution >= 4 is 23.9 Å². The molecule has 2 atom stereocenters. The molecule has 0 N–H and O–H groups in total. The smallest absolute Gasteiger partial charge is 0.330 e. The van der Waals surface area contributed by atoms with Crippen LogP contribution in [-0.2, 0) is 42.9 Å². The number of ether oxygens (including phenoxy) is 5. The molecule has 0 saturated carbocycles. The van der Waals surface area contributed by atoms with E-state index in [2.05, 4.69) is 13.2 Å². The van der Waals surface area contributed by atoms with Crippen LogP contribution in [0.1, 0.15) is 44.9 Å². The van der Waals surface area contributed by atoms with Crippen LogP contribution in [0.5, 0.6) is 0 Å². The van der Waals surface area contributed by atoms with E-state index in [1.54, 1.807) is 0 Å². The third-order valence-corrected chi connectivity index (χ3v) is 4.18. The molecule has 1 aliphatic rings.